The molecule has 0 radical (unpaired) electrons. The van der Waals surface area contributed by atoms with Gasteiger partial charge in [0.2, 0.25) is 11.8 Å². The number of benzene rings is 1. The highest BCUT2D eigenvalue weighted by atomic mass is 16.5. The van der Waals surface area contributed by atoms with Crippen molar-refractivity contribution in [1.82, 2.24) is 4.90 Å². The molecule has 12 nitrogen and oxygen atoms in total. The predicted octanol–water partition coefficient (Wildman–Crippen LogP) is 1.79. The molecule has 12 heteroatoms. The number of amides is 2. The Labute approximate surface area is 280 Å². The van der Waals surface area contributed by atoms with Crippen LogP contribution in [0.5, 0.6) is 0 Å². The fourth-order valence-corrected chi connectivity index (χ4v) is 13.0. The minimum atomic E-state index is -1.69. The summed E-state index contributed by atoms with van der Waals surface area (Å²) in [4.78, 5) is 42.6. The maximum absolute atomic E-state index is 14.0. The molecule has 0 aromatic heterocycles. The van der Waals surface area contributed by atoms with Gasteiger partial charge < -0.3 is 33.9 Å². The number of anilines is 1. The number of para-hydroxylation sites is 1. The van der Waals surface area contributed by atoms with Crippen molar-refractivity contribution in [3.63, 3.8) is 0 Å². The van der Waals surface area contributed by atoms with E-state index in [1.807, 2.05) is 0 Å². The van der Waals surface area contributed by atoms with Crippen LogP contribution in [0.4, 0.5) is 5.69 Å². The third-order valence-electron chi connectivity index (χ3n) is 14.2. The molecule has 262 valence electrons. The second-order valence-corrected chi connectivity index (χ2v) is 15.4. The molecule has 48 heavy (non-hydrogen) atoms. The van der Waals surface area contributed by atoms with Gasteiger partial charge in [0.15, 0.2) is 0 Å². The van der Waals surface area contributed by atoms with E-state index in [0.29, 0.717) is 25.9 Å². The Morgan fingerprint density at radius 3 is 2.38 bits per heavy atom. The third-order valence-corrected chi connectivity index (χ3v) is 14.2. The number of likely N-dealkylation sites (N-methyl/N-ethyl adjacent to an activating group) is 1. The smallest absolute Gasteiger partial charge is 0.340 e. The summed E-state index contributed by atoms with van der Waals surface area (Å²) in [6.45, 7) is 3.24. The lowest BCUT2D eigenvalue weighted by molar-refractivity contribution is -0.320. The van der Waals surface area contributed by atoms with Gasteiger partial charge >= 0.3 is 5.97 Å². The molecule has 7 aliphatic rings. The van der Waals surface area contributed by atoms with Crippen LogP contribution in [0.25, 0.3) is 0 Å². The average Bonchev–Trinajstić information content (AvgIpc) is 3.66. The van der Waals surface area contributed by atoms with Gasteiger partial charge in [-0.1, -0.05) is 19.1 Å². The maximum atomic E-state index is 14.0. The van der Waals surface area contributed by atoms with Crippen molar-refractivity contribution in [2.75, 3.05) is 53.0 Å². The quantitative estimate of drug-likeness (QED) is 0.294. The normalized spacial score (nSPS) is 47.1. The summed E-state index contributed by atoms with van der Waals surface area (Å²) in [7, 11) is 6.70. The van der Waals surface area contributed by atoms with Gasteiger partial charge in [-0.3, -0.25) is 14.5 Å². The highest BCUT2D eigenvalue weighted by molar-refractivity contribution is 6.21. The number of fused-ring (bicyclic) bond motifs is 2. The van der Waals surface area contributed by atoms with E-state index in [1.165, 1.54) is 0 Å². The number of hydrogen-bond donors (Lipinski definition) is 2. The topological polar surface area (TPSA) is 144 Å². The monoisotopic (exact) mass is 668 g/mol. The molecule has 5 saturated carbocycles. The number of esters is 1. The zero-order chi connectivity index (χ0) is 34.0. The van der Waals surface area contributed by atoms with Crippen molar-refractivity contribution in [2.45, 2.75) is 87.1 Å². The first-order valence-electron chi connectivity index (χ1n) is 17.5. The van der Waals surface area contributed by atoms with E-state index in [1.54, 1.807) is 52.7 Å². The van der Waals surface area contributed by atoms with Crippen LogP contribution >= 0.6 is 0 Å². The second kappa shape index (κ2) is 11.0. The predicted molar refractivity (Wildman–Crippen MR) is 170 cm³/mol. The first kappa shape index (κ1) is 32.7. The van der Waals surface area contributed by atoms with Crippen molar-refractivity contribution in [1.29, 1.82) is 0 Å². The van der Waals surface area contributed by atoms with Crippen LogP contribution in [0.3, 0.4) is 0 Å². The van der Waals surface area contributed by atoms with Gasteiger partial charge in [-0.05, 0) is 43.9 Å². The molecule has 2 saturated heterocycles. The van der Waals surface area contributed by atoms with Gasteiger partial charge in [-0.15, -0.1) is 0 Å². The third kappa shape index (κ3) is 3.67. The fourth-order valence-electron chi connectivity index (χ4n) is 13.0. The van der Waals surface area contributed by atoms with Crippen molar-refractivity contribution < 1.29 is 48.3 Å². The van der Waals surface area contributed by atoms with Crippen LogP contribution in [-0.2, 0) is 33.3 Å². The summed E-state index contributed by atoms with van der Waals surface area (Å²) in [5.74, 6) is -2.00. The maximum Gasteiger partial charge on any atom is 0.340 e. The number of carbonyl (C=O) groups excluding carboxylic acids is 3. The SMILES string of the molecule is CCN1C[C@]2(COC(=O)c3ccccc3N3C(=O)CCC3=O)CC[C@H](OC)[C@@]34C2[C@H](OC)[C@@](O)(C13)[C@@]1(O)C[C@H](OC)[C@H]2C[C@@H]4[C@@H]1[C@H]2OC. The first-order chi connectivity index (χ1) is 23.0. The van der Waals surface area contributed by atoms with E-state index < -0.39 is 40.1 Å². The Kier molecular flexibility index (Phi) is 7.52. The number of rotatable bonds is 9. The highest BCUT2D eigenvalue weighted by Crippen LogP contribution is 2.80. The van der Waals surface area contributed by atoms with E-state index in [9.17, 15) is 24.6 Å². The lowest BCUT2D eigenvalue weighted by atomic mass is 9.42. The Hall–Kier alpha value is -2.45. The van der Waals surface area contributed by atoms with Crippen molar-refractivity contribution in [2.24, 2.45) is 34.5 Å². The fraction of sp³-hybridized carbons (Fsp3) is 0.750. The summed E-state index contributed by atoms with van der Waals surface area (Å²) in [5, 5.41) is 26.5. The lowest BCUT2D eigenvalue weighted by Crippen LogP contribution is -2.82. The summed E-state index contributed by atoms with van der Waals surface area (Å²) < 4.78 is 31.3. The number of likely N-dealkylation sites (tertiary alicyclic amines) is 1. The molecule has 7 bridgehead atoms. The molecule has 5 aliphatic carbocycles. The lowest BCUT2D eigenvalue weighted by Gasteiger charge is -2.70. The molecule has 2 heterocycles. The number of imide groups is 1. The molecule has 13 atom stereocenters. The second-order valence-electron chi connectivity index (χ2n) is 15.4. The van der Waals surface area contributed by atoms with E-state index >= 15 is 0 Å². The van der Waals surface area contributed by atoms with Crippen LogP contribution in [-0.4, -0.2) is 123 Å². The number of aliphatic hydroxyl groups is 2. The number of ether oxygens (including phenoxy) is 5. The van der Waals surface area contributed by atoms with Gasteiger partial charge in [-0.25, -0.2) is 9.69 Å². The van der Waals surface area contributed by atoms with Gasteiger partial charge in [0.25, 0.3) is 0 Å². The number of nitrogens with zero attached hydrogens (tertiary/aromatic N) is 2. The number of methoxy groups -OCH3 is 4. The summed E-state index contributed by atoms with van der Waals surface area (Å²) in [6, 6.07) is 6.11. The van der Waals surface area contributed by atoms with Crippen LogP contribution in [0.1, 0.15) is 55.8 Å². The molecular weight excluding hydrogens is 620 g/mol. The molecule has 1 spiro atoms. The molecule has 2 unspecified atom stereocenters. The van der Waals surface area contributed by atoms with Gasteiger partial charge in [-0.2, -0.15) is 0 Å². The van der Waals surface area contributed by atoms with Crippen molar-refractivity contribution in [3.05, 3.63) is 29.8 Å². The van der Waals surface area contributed by atoms with E-state index in [4.69, 9.17) is 23.7 Å². The summed E-state index contributed by atoms with van der Waals surface area (Å²) in [6.07, 6.45) is 0.951. The Balaban J connectivity index is 1.24. The summed E-state index contributed by atoms with van der Waals surface area (Å²) in [5.41, 5.74) is -4.15. The molecule has 1 aromatic rings. The van der Waals surface area contributed by atoms with E-state index in [-0.39, 0.29) is 90.9 Å². The van der Waals surface area contributed by atoms with Crippen molar-refractivity contribution in [3.8, 4) is 0 Å². The number of piperidine rings is 1. The van der Waals surface area contributed by atoms with Crippen molar-refractivity contribution >= 4 is 23.5 Å². The largest absolute Gasteiger partial charge is 0.461 e. The molecule has 2 N–H and O–H groups in total. The van der Waals surface area contributed by atoms with Crippen LogP contribution < -0.4 is 4.90 Å². The number of carbonyl (C=O) groups is 3. The average molecular weight is 669 g/mol. The van der Waals surface area contributed by atoms with E-state index in [2.05, 4.69) is 11.8 Å². The van der Waals surface area contributed by atoms with Gasteiger partial charge in [0, 0.05) is 82.8 Å². The zero-order valence-electron chi connectivity index (χ0n) is 28.4. The Bertz CT molecular complexity index is 1510. The molecule has 2 amide bonds. The van der Waals surface area contributed by atoms with Crippen LogP contribution in [0.2, 0.25) is 0 Å². The van der Waals surface area contributed by atoms with E-state index in [0.717, 1.165) is 11.3 Å². The molecule has 1 aromatic carbocycles. The summed E-state index contributed by atoms with van der Waals surface area (Å²) >= 11 is 0. The zero-order valence-corrected chi connectivity index (χ0v) is 28.4. The molecular formula is C36H48N2O10. The molecule has 7 fully saturated rings. The minimum absolute atomic E-state index is 0.0394. The van der Waals surface area contributed by atoms with Crippen LogP contribution in [0, 0.1) is 34.5 Å². The molecule has 8 rings (SSSR count). The standard InChI is InChI=1S/C36H48N2O10/c1-6-37-17-33(18-48-31(41)19-9-7-8-10-22(19)38-25(39)11-12-26(38)40)14-13-24(45-3)35-21-15-20-23(44-2)16-34(42,27(21)28(20)46-4)36(43,32(35)37)30(47-5)29(33)35/h7-10,20-21,23-24,27-30,32,42-43H,6,11-18H2,1-5H3/t20-,21-,23+,24+,27-,28+,29?,30+,32?,33+,34-,35+,36-/m1/s1. The first-order valence-corrected chi connectivity index (χ1v) is 17.5. The van der Waals surface area contributed by atoms with Gasteiger partial charge in [0.05, 0.1) is 48.3 Å². The number of hydrogen-bond acceptors (Lipinski definition) is 11. The Morgan fingerprint density at radius 2 is 1.73 bits per heavy atom. The molecule has 2 aliphatic heterocycles. The minimum Gasteiger partial charge on any atom is -0.461 e. The Morgan fingerprint density at radius 1 is 1.00 bits per heavy atom. The highest BCUT2D eigenvalue weighted by Gasteiger charge is 2.91. The van der Waals surface area contributed by atoms with Crippen LogP contribution in [0.15, 0.2) is 24.3 Å². The van der Waals surface area contributed by atoms with Gasteiger partial charge in [0.1, 0.15) is 11.2 Å².